The van der Waals surface area contributed by atoms with Crippen molar-refractivity contribution in [2.75, 3.05) is 63.4 Å². The molecular formula is C21H40N12. The number of aliphatic imine (C=N–C) groups is 4. The molecule has 33 heavy (non-hydrogen) atoms. The van der Waals surface area contributed by atoms with Crippen LogP contribution in [0.1, 0.15) is 0 Å². The topological polar surface area (TPSA) is 108 Å². The molecule has 1 fully saturated rings. The van der Waals surface area contributed by atoms with E-state index >= 15 is 0 Å². The van der Waals surface area contributed by atoms with Gasteiger partial charge in [0.2, 0.25) is 28.8 Å². The number of nitrogens with zero attached hydrogens (tertiary/aromatic N) is 12. The van der Waals surface area contributed by atoms with E-state index in [2.05, 4.69) is 59.8 Å². The van der Waals surface area contributed by atoms with Crippen LogP contribution in [0.5, 0.6) is 0 Å². The highest BCUT2D eigenvalue weighted by Crippen LogP contribution is 2.09. The van der Waals surface area contributed by atoms with Crippen LogP contribution in [0.15, 0.2) is 48.1 Å². The molecule has 12 heteroatoms. The van der Waals surface area contributed by atoms with Gasteiger partial charge < -0.3 is 0 Å². The molecule has 1 aromatic rings. The highest BCUT2D eigenvalue weighted by atomic mass is 15.6. The van der Waals surface area contributed by atoms with Gasteiger partial charge in [-0.05, 0) is 24.9 Å². The van der Waals surface area contributed by atoms with Crippen molar-refractivity contribution in [3.8, 4) is 0 Å². The number of hydrogen-bond acceptors (Lipinski definition) is 7. The molecule has 0 unspecified atom stereocenters. The van der Waals surface area contributed by atoms with Crippen LogP contribution in [-0.2, 0) is 21.1 Å². The molecule has 0 bridgehead atoms. The smallest absolute Gasteiger partial charge is 0.209 e. The van der Waals surface area contributed by atoms with Crippen molar-refractivity contribution in [3.05, 3.63) is 30.0 Å². The van der Waals surface area contributed by atoms with Crippen LogP contribution in [0.3, 0.4) is 0 Å². The second kappa shape index (κ2) is 16.9. The van der Waals surface area contributed by atoms with Gasteiger partial charge in [0.1, 0.15) is 0 Å². The molecule has 0 radical (unpaired) electrons. The molecule has 0 spiro atoms. The molecule has 0 atom stereocenters. The van der Waals surface area contributed by atoms with Crippen molar-refractivity contribution in [2.45, 2.75) is 0 Å². The Morgan fingerprint density at radius 2 is 0.697 bits per heavy atom. The zero-order chi connectivity index (χ0) is 26.1. The average molecular weight is 461 g/mol. The Balaban J connectivity index is 0. The summed E-state index contributed by atoms with van der Waals surface area (Å²) in [5.74, 6) is 6.53. The van der Waals surface area contributed by atoms with Crippen molar-refractivity contribution < 1.29 is 0 Å². The number of guanidine groups is 2. The zero-order valence-corrected chi connectivity index (χ0v) is 22.3. The zero-order valence-electron chi connectivity index (χ0n) is 22.3. The van der Waals surface area contributed by atoms with E-state index in [-0.39, 0.29) is 0 Å². The monoisotopic (exact) mass is 460 g/mol. The fraction of sp³-hybridized carbons (Fsp3) is 0.571. The Morgan fingerprint density at radius 1 is 0.485 bits per heavy atom. The van der Waals surface area contributed by atoms with E-state index in [0.717, 1.165) is 28.8 Å². The first kappa shape index (κ1) is 31.4. The first-order chi connectivity index (χ1) is 15.6. The molecule has 1 aliphatic heterocycles. The summed E-state index contributed by atoms with van der Waals surface area (Å²) in [6.45, 7) is 6.38. The maximum Gasteiger partial charge on any atom is 0.209 e. The fourth-order valence-electron chi connectivity index (χ4n) is 3.03. The van der Waals surface area contributed by atoms with Crippen molar-refractivity contribution in [2.24, 2.45) is 56.1 Å². The minimum Gasteiger partial charge on any atom is -0.285 e. The van der Waals surface area contributed by atoms with E-state index < -0.39 is 0 Å². The first-order valence-corrected chi connectivity index (χ1v) is 9.87. The quantitative estimate of drug-likeness (QED) is 0.467. The lowest BCUT2D eigenvalue weighted by Crippen LogP contribution is -2.61. The highest BCUT2D eigenvalue weighted by molar-refractivity contribution is 6.15. The lowest BCUT2D eigenvalue weighted by Gasteiger charge is -2.41. The minimum absolute atomic E-state index is 0.828. The lowest BCUT2D eigenvalue weighted by atomic mass is 10.5. The third-order valence-corrected chi connectivity index (χ3v) is 4.32. The van der Waals surface area contributed by atoms with Gasteiger partial charge in [-0.2, -0.15) is 0 Å². The summed E-state index contributed by atoms with van der Waals surface area (Å²) in [6.07, 6.45) is 0. The maximum absolute atomic E-state index is 4.22. The summed E-state index contributed by atoms with van der Waals surface area (Å²) in [7, 11) is 21.8. The van der Waals surface area contributed by atoms with Gasteiger partial charge in [-0.15, -0.1) is 0 Å². The molecule has 1 saturated heterocycles. The maximum atomic E-state index is 4.22. The lowest BCUT2D eigenvalue weighted by molar-refractivity contribution is 0.458. The molecule has 12 nitrogen and oxygen atoms in total. The molecule has 0 amide bonds. The summed E-state index contributed by atoms with van der Waals surface area (Å²) in [5, 5.41) is 0. The standard InChI is InChI=1S/C9H18N6.C6H12N4.2C3H5N/c1-10-7-13(4)8(11-2)15(6)9(12-3)14(7)5;1-7-5-9(3)6(8-2)10(5)4;2*1-3-4-2/h1-6H3;1-4H3;2*1H2,2H3. The van der Waals surface area contributed by atoms with E-state index in [1.807, 2.05) is 58.7 Å². The van der Waals surface area contributed by atoms with Gasteiger partial charge in [-0.25, -0.2) is 9.98 Å². The second-order valence-corrected chi connectivity index (χ2v) is 6.18. The molecule has 1 aromatic heterocycles. The Morgan fingerprint density at radius 3 is 0.818 bits per heavy atom. The third-order valence-electron chi connectivity index (χ3n) is 4.32. The molecule has 0 aliphatic carbocycles. The van der Waals surface area contributed by atoms with E-state index in [0.29, 0.717) is 0 Å². The Bertz CT molecular complexity index is 950. The SMILES string of the molecule is C=C=NC.C=C=NC.CN=C1N(C)C(=NC)N1C.CN=c1n(C)c(=NC)n(C)c(=NC)n1C. The van der Waals surface area contributed by atoms with Crippen molar-refractivity contribution in [1.82, 2.24) is 23.5 Å². The van der Waals surface area contributed by atoms with Gasteiger partial charge in [-0.1, -0.05) is 0 Å². The Kier molecular flexibility index (Phi) is 16.1. The normalized spacial score (nSPS) is 10.8. The van der Waals surface area contributed by atoms with Crippen LogP contribution in [0.4, 0.5) is 0 Å². The predicted molar refractivity (Wildman–Crippen MR) is 138 cm³/mol. The number of aromatic nitrogens is 3. The van der Waals surface area contributed by atoms with Gasteiger partial charge in [0.25, 0.3) is 0 Å². The van der Waals surface area contributed by atoms with Crippen LogP contribution in [-0.4, -0.2) is 111 Å². The van der Waals surface area contributed by atoms with E-state index in [9.17, 15) is 0 Å². The summed E-state index contributed by atoms with van der Waals surface area (Å²) in [5.41, 5.74) is 2.48. The van der Waals surface area contributed by atoms with Crippen LogP contribution >= 0.6 is 0 Å². The Labute approximate surface area is 197 Å². The molecule has 184 valence electrons. The van der Waals surface area contributed by atoms with E-state index in [1.54, 1.807) is 49.3 Å². The third kappa shape index (κ3) is 8.36. The fourth-order valence-corrected chi connectivity index (χ4v) is 3.03. The summed E-state index contributed by atoms with van der Waals surface area (Å²) >= 11 is 0. The largest absolute Gasteiger partial charge is 0.285 e. The molecule has 2 rings (SSSR count). The van der Waals surface area contributed by atoms with Crippen LogP contribution in [0.2, 0.25) is 0 Å². The molecular weight excluding hydrogens is 420 g/mol. The van der Waals surface area contributed by atoms with Crippen molar-refractivity contribution >= 4 is 23.7 Å². The van der Waals surface area contributed by atoms with Gasteiger partial charge in [0.15, 0.2) is 0 Å². The summed E-state index contributed by atoms with van der Waals surface area (Å²) < 4.78 is 5.78. The predicted octanol–water partition coefficient (Wildman–Crippen LogP) is -0.927. The average Bonchev–Trinajstić information content (AvgIpc) is 2.81. The highest BCUT2D eigenvalue weighted by Gasteiger charge is 2.31. The van der Waals surface area contributed by atoms with E-state index in [4.69, 9.17) is 0 Å². The second-order valence-electron chi connectivity index (χ2n) is 6.18. The van der Waals surface area contributed by atoms with Gasteiger partial charge in [-0.3, -0.25) is 48.5 Å². The Hall–Kier alpha value is -3.75. The van der Waals surface area contributed by atoms with Gasteiger partial charge in [0.05, 0.1) is 0 Å². The molecule has 0 aromatic carbocycles. The van der Waals surface area contributed by atoms with E-state index in [1.165, 1.54) is 0 Å². The molecule has 0 N–H and O–H groups in total. The van der Waals surface area contributed by atoms with Crippen LogP contribution < -0.4 is 16.9 Å². The summed E-state index contributed by atoms with van der Waals surface area (Å²) in [4.78, 5) is 31.4. The number of hydrogen-bond donors (Lipinski definition) is 0. The van der Waals surface area contributed by atoms with Gasteiger partial charge in [0, 0.05) is 84.6 Å². The van der Waals surface area contributed by atoms with Crippen LogP contribution in [0, 0.1) is 0 Å². The summed E-state index contributed by atoms with van der Waals surface area (Å²) in [6, 6.07) is 0. The molecule has 1 aliphatic rings. The number of rotatable bonds is 0. The molecule has 2 heterocycles. The van der Waals surface area contributed by atoms with Crippen LogP contribution in [0.25, 0.3) is 0 Å². The van der Waals surface area contributed by atoms with Crippen molar-refractivity contribution in [1.29, 1.82) is 0 Å². The molecule has 0 saturated carbocycles. The minimum atomic E-state index is 0.828. The van der Waals surface area contributed by atoms with Gasteiger partial charge >= 0.3 is 0 Å². The van der Waals surface area contributed by atoms with Crippen molar-refractivity contribution in [3.63, 3.8) is 0 Å². The first-order valence-electron chi connectivity index (χ1n) is 9.87.